The second-order valence-electron chi connectivity index (χ2n) is 5.12. The minimum Gasteiger partial charge on any atom is -0.351 e. The second kappa shape index (κ2) is 6.85. The van der Waals surface area contributed by atoms with E-state index in [1.54, 1.807) is 0 Å². The zero-order valence-electron chi connectivity index (χ0n) is 12.0. The fourth-order valence-corrected chi connectivity index (χ4v) is 7.05. The molecule has 1 aliphatic heterocycles. The number of carbonyl (C=O) groups excluding carboxylic acids is 1. The zero-order chi connectivity index (χ0) is 17.4. The molecule has 1 aromatic heterocycles. The Morgan fingerprint density at radius 3 is 2.61 bits per heavy atom. The van der Waals surface area contributed by atoms with Gasteiger partial charge in [0, 0.05) is 13.1 Å². The van der Waals surface area contributed by atoms with Gasteiger partial charge in [0.2, 0.25) is 15.9 Å². The van der Waals surface area contributed by atoms with Crippen LogP contribution in [0, 0.1) is 0 Å². The average Bonchev–Trinajstić information content (AvgIpc) is 2.91. The summed E-state index contributed by atoms with van der Waals surface area (Å²) < 4.78 is 48.5. The molecule has 1 N–H and O–H groups in total. The molecule has 0 aromatic carbocycles. The standard InChI is InChI=1S/C11H14Cl2N2O5S3/c1-15(23(19,20)8-4-9(12)21-11(8)13)5-10(16)14-7-2-3-22(17,18)6-7/h4,7H,2-3,5-6H2,1H3,(H,14,16). The summed E-state index contributed by atoms with van der Waals surface area (Å²) in [6.45, 7) is -0.442. The first kappa shape index (κ1) is 18.9. The van der Waals surface area contributed by atoms with Crippen LogP contribution in [0.3, 0.4) is 0 Å². The van der Waals surface area contributed by atoms with Gasteiger partial charge in [-0.3, -0.25) is 4.79 Å². The topological polar surface area (TPSA) is 101 Å². The van der Waals surface area contributed by atoms with Gasteiger partial charge in [-0.2, -0.15) is 4.31 Å². The SMILES string of the molecule is CN(CC(=O)NC1CCS(=O)(=O)C1)S(=O)(=O)c1cc(Cl)sc1Cl. The van der Waals surface area contributed by atoms with Gasteiger partial charge >= 0.3 is 0 Å². The van der Waals surface area contributed by atoms with Crippen LogP contribution in [-0.2, 0) is 24.7 Å². The Balaban J connectivity index is 2.02. The lowest BCUT2D eigenvalue weighted by Gasteiger charge is -2.18. The van der Waals surface area contributed by atoms with Gasteiger partial charge in [-0.15, -0.1) is 11.3 Å². The maximum Gasteiger partial charge on any atom is 0.245 e. The van der Waals surface area contributed by atoms with Crippen molar-refractivity contribution in [1.29, 1.82) is 0 Å². The molecule has 1 aromatic rings. The predicted octanol–water partition coefficient (Wildman–Crippen LogP) is 0.979. The number of nitrogens with one attached hydrogen (secondary N) is 1. The number of hydrogen-bond acceptors (Lipinski definition) is 6. The Labute approximate surface area is 148 Å². The first-order chi connectivity index (χ1) is 10.5. The molecule has 1 amide bonds. The van der Waals surface area contributed by atoms with Gasteiger partial charge in [-0.1, -0.05) is 23.2 Å². The van der Waals surface area contributed by atoms with E-state index >= 15 is 0 Å². The summed E-state index contributed by atoms with van der Waals surface area (Å²) in [6.07, 6.45) is 0.330. The maximum absolute atomic E-state index is 12.4. The summed E-state index contributed by atoms with van der Waals surface area (Å²) in [5.41, 5.74) is 0. The van der Waals surface area contributed by atoms with Crippen molar-refractivity contribution >= 4 is 60.3 Å². The number of nitrogens with zero attached hydrogens (tertiary/aromatic N) is 1. The van der Waals surface area contributed by atoms with Crippen LogP contribution in [0.15, 0.2) is 11.0 Å². The van der Waals surface area contributed by atoms with Gasteiger partial charge in [-0.25, -0.2) is 16.8 Å². The molecule has 0 aliphatic carbocycles. The van der Waals surface area contributed by atoms with E-state index in [0.29, 0.717) is 6.42 Å². The number of likely N-dealkylation sites (N-methyl/N-ethyl adjacent to an activating group) is 1. The zero-order valence-corrected chi connectivity index (χ0v) is 15.9. The van der Waals surface area contributed by atoms with E-state index in [0.717, 1.165) is 15.6 Å². The van der Waals surface area contributed by atoms with Gasteiger partial charge in [0.1, 0.15) is 9.23 Å². The largest absolute Gasteiger partial charge is 0.351 e. The molecule has 0 spiro atoms. The van der Waals surface area contributed by atoms with E-state index in [9.17, 15) is 21.6 Å². The van der Waals surface area contributed by atoms with Crippen LogP contribution < -0.4 is 5.32 Å². The monoisotopic (exact) mass is 420 g/mol. The van der Waals surface area contributed by atoms with E-state index in [1.807, 2.05) is 0 Å². The number of halogens is 2. The molecule has 0 bridgehead atoms. The van der Waals surface area contributed by atoms with Crippen molar-refractivity contribution in [3.05, 3.63) is 14.7 Å². The van der Waals surface area contributed by atoms with Crippen LogP contribution in [0.25, 0.3) is 0 Å². The van der Waals surface area contributed by atoms with Crippen molar-refractivity contribution in [3.63, 3.8) is 0 Å². The summed E-state index contributed by atoms with van der Waals surface area (Å²) in [5, 5.41) is 2.53. The van der Waals surface area contributed by atoms with Crippen LogP contribution in [0.1, 0.15) is 6.42 Å². The molecule has 1 unspecified atom stereocenters. The molecule has 2 heterocycles. The fraction of sp³-hybridized carbons (Fsp3) is 0.545. The number of thiophene rings is 1. The highest BCUT2D eigenvalue weighted by Gasteiger charge is 2.31. The van der Waals surface area contributed by atoms with Crippen molar-refractivity contribution in [3.8, 4) is 0 Å². The van der Waals surface area contributed by atoms with Crippen molar-refractivity contribution in [2.45, 2.75) is 17.4 Å². The molecule has 12 heteroatoms. The van der Waals surface area contributed by atoms with Crippen LogP contribution >= 0.6 is 34.5 Å². The minimum absolute atomic E-state index is 0.0177. The number of carbonyl (C=O) groups is 1. The first-order valence-corrected chi connectivity index (χ1v) is 11.3. The molecule has 2 rings (SSSR count). The number of amides is 1. The fourth-order valence-electron chi connectivity index (χ4n) is 2.14. The molecule has 1 atom stereocenters. The van der Waals surface area contributed by atoms with Crippen LogP contribution in [0.5, 0.6) is 0 Å². The second-order valence-corrected chi connectivity index (χ2v) is 11.6. The van der Waals surface area contributed by atoms with Gasteiger partial charge in [0.15, 0.2) is 9.84 Å². The van der Waals surface area contributed by atoms with Crippen LogP contribution in [0.4, 0.5) is 0 Å². The lowest BCUT2D eigenvalue weighted by atomic mass is 10.2. The lowest BCUT2D eigenvalue weighted by Crippen LogP contribution is -2.43. The van der Waals surface area contributed by atoms with E-state index in [1.165, 1.54) is 13.1 Å². The Morgan fingerprint density at radius 1 is 1.48 bits per heavy atom. The minimum atomic E-state index is -3.95. The molecule has 1 aliphatic rings. The number of sulfonamides is 1. The molecular formula is C11H14Cl2N2O5S3. The summed E-state index contributed by atoms with van der Waals surface area (Å²) in [6, 6.07) is 0.741. The first-order valence-electron chi connectivity index (χ1n) is 6.42. The third kappa shape index (κ3) is 4.58. The van der Waals surface area contributed by atoms with Crippen LogP contribution in [-0.4, -0.2) is 58.2 Å². The van der Waals surface area contributed by atoms with E-state index in [4.69, 9.17) is 23.2 Å². The van der Waals surface area contributed by atoms with Gasteiger partial charge in [0.05, 0.1) is 22.4 Å². The van der Waals surface area contributed by atoms with E-state index in [2.05, 4.69) is 5.32 Å². The quantitative estimate of drug-likeness (QED) is 0.764. The highest BCUT2D eigenvalue weighted by molar-refractivity contribution is 7.91. The normalized spacial score (nSPS) is 20.8. The Hall–Kier alpha value is -0.390. The Morgan fingerprint density at radius 2 is 2.13 bits per heavy atom. The highest BCUT2D eigenvalue weighted by Crippen LogP contribution is 2.35. The number of hydrogen-bond donors (Lipinski definition) is 1. The summed E-state index contributed by atoms with van der Waals surface area (Å²) in [7, 11) is -5.83. The third-order valence-electron chi connectivity index (χ3n) is 3.28. The van der Waals surface area contributed by atoms with E-state index < -0.39 is 38.4 Å². The van der Waals surface area contributed by atoms with Crippen molar-refractivity contribution in [1.82, 2.24) is 9.62 Å². The molecule has 7 nitrogen and oxygen atoms in total. The van der Waals surface area contributed by atoms with E-state index in [-0.39, 0.29) is 25.1 Å². The van der Waals surface area contributed by atoms with Gasteiger partial charge in [0.25, 0.3) is 0 Å². The predicted molar refractivity (Wildman–Crippen MR) is 89.4 cm³/mol. The Bertz CT molecular complexity index is 819. The molecule has 130 valence electrons. The molecule has 1 saturated heterocycles. The molecular weight excluding hydrogens is 407 g/mol. The summed E-state index contributed by atoms with van der Waals surface area (Å²) in [5.74, 6) is -0.674. The average molecular weight is 421 g/mol. The smallest absolute Gasteiger partial charge is 0.245 e. The highest BCUT2D eigenvalue weighted by atomic mass is 35.5. The molecule has 23 heavy (non-hydrogen) atoms. The number of rotatable bonds is 5. The Kier molecular flexibility index (Phi) is 5.64. The molecule has 0 saturated carbocycles. The third-order valence-corrected chi connectivity index (χ3v) is 8.60. The lowest BCUT2D eigenvalue weighted by molar-refractivity contribution is -0.121. The van der Waals surface area contributed by atoms with Gasteiger partial charge < -0.3 is 5.32 Å². The molecule has 1 fully saturated rings. The van der Waals surface area contributed by atoms with Gasteiger partial charge in [-0.05, 0) is 12.5 Å². The summed E-state index contributed by atoms with van der Waals surface area (Å²) in [4.78, 5) is 11.8. The molecule has 0 radical (unpaired) electrons. The summed E-state index contributed by atoms with van der Waals surface area (Å²) >= 11 is 12.5. The van der Waals surface area contributed by atoms with Crippen molar-refractivity contribution in [2.75, 3.05) is 25.1 Å². The van der Waals surface area contributed by atoms with Crippen LogP contribution in [0.2, 0.25) is 8.67 Å². The van der Waals surface area contributed by atoms with Crippen molar-refractivity contribution < 1.29 is 21.6 Å². The van der Waals surface area contributed by atoms with Crippen molar-refractivity contribution in [2.24, 2.45) is 0 Å². The maximum atomic E-state index is 12.4. The number of sulfone groups is 1.